The van der Waals surface area contributed by atoms with Crippen molar-refractivity contribution in [3.8, 4) is 5.75 Å². The van der Waals surface area contributed by atoms with Gasteiger partial charge in [-0.05, 0) is 31.2 Å². The van der Waals surface area contributed by atoms with E-state index in [0.717, 1.165) is 5.56 Å². The van der Waals surface area contributed by atoms with Gasteiger partial charge in [0.1, 0.15) is 5.75 Å². The summed E-state index contributed by atoms with van der Waals surface area (Å²) in [6.45, 7) is -1.06. The maximum atomic E-state index is 12.0. The third-order valence-corrected chi connectivity index (χ3v) is 2.71. The van der Waals surface area contributed by atoms with Gasteiger partial charge in [0.2, 0.25) is 0 Å². The Bertz CT molecular complexity index is 556. The summed E-state index contributed by atoms with van der Waals surface area (Å²) >= 11 is 0. The van der Waals surface area contributed by atoms with Crippen molar-refractivity contribution in [1.82, 2.24) is 15.5 Å². The van der Waals surface area contributed by atoms with E-state index in [9.17, 15) is 13.6 Å². The number of hydrogen-bond acceptors (Lipinski definition) is 3. The molecule has 1 amide bonds. The van der Waals surface area contributed by atoms with E-state index in [4.69, 9.17) is 0 Å². The number of amides is 1. The molecule has 0 aliphatic rings. The van der Waals surface area contributed by atoms with Crippen LogP contribution in [0.4, 0.5) is 8.78 Å². The van der Waals surface area contributed by atoms with Gasteiger partial charge in [-0.2, -0.15) is 13.9 Å². The Morgan fingerprint density at radius 3 is 2.60 bits per heavy atom. The van der Waals surface area contributed by atoms with E-state index in [1.807, 2.05) is 6.92 Å². The molecule has 0 bridgehead atoms. The summed E-state index contributed by atoms with van der Waals surface area (Å²) in [5.41, 5.74) is 1.21. The summed E-state index contributed by atoms with van der Waals surface area (Å²) in [5, 5.41) is 9.23. The van der Waals surface area contributed by atoms with Gasteiger partial charge in [-0.25, -0.2) is 0 Å². The molecule has 0 radical (unpaired) electrons. The zero-order valence-electron chi connectivity index (χ0n) is 10.6. The monoisotopic (exact) mass is 281 g/mol. The molecule has 1 unspecified atom stereocenters. The third kappa shape index (κ3) is 3.53. The number of H-pyrrole nitrogens is 1. The molecule has 7 heteroatoms. The number of aromatic amines is 1. The van der Waals surface area contributed by atoms with E-state index in [1.165, 1.54) is 24.3 Å². The molecule has 1 heterocycles. The molecule has 2 aromatic rings. The topological polar surface area (TPSA) is 67.0 Å². The average molecular weight is 281 g/mol. The zero-order chi connectivity index (χ0) is 14.5. The first kappa shape index (κ1) is 14.0. The fourth-order valence-corrected chi connectivity index (χ4v) is 1.65. The number of benzene rings is 1. The number of aromatic nitrogens is 2. The van der Waals surface area contributed by atoms with Gasteiger partial charge in [-0.3, -0.25) is 9.89 Å². The van der Waals surface area contributed by atoms with Gasteiger partial charge < -0.3 is 10.1 Å². The van der Waals surface area contributed by atoms with Crippen molar-refractivity contribution >= 4 is 5.91 Å². The Morgan fingerprint density at radius 1 is 1.35 bits per heavy atom. The first-order valence-corrected chi connectivity index (χ1v) is 5.90. The number of ether oxygens (including phenoxy) is 1. The van der Waals surface area contributed by atoms with Gasteiger partial charge >= 0.3 is 6.61 Å². The zero-order valence-corrected chi connectivity index (χ0v) is 10.6. The van der Waals surface area contributed by atoms with Crippen LogP contribution in [0.1, 0.15) is 28.9 Å². The van der Waals surface area contributed by atoms with Crippen molar-refractivity contribution < 1.29 is 18.3 Å². The number of alkyl halides is 2. The van der Waals surface area contributed by atoms with Crippen LogP contribution in [0.25, 0.3) is 0 Å². The number of carbonyl (C=O) groups excluding carboxylic acids is 1. The minimum Gasteiger partial charge on any atom is -0.435 e. The van der Waals surface area contributed by atoms with Crippen LogP contribution in [-0.2, 0) is 0 Å². The van der Waals surface area contributed by atoms with Gasteiger partial charge in [-0.15, -0.1) is 0 Å². The van der Waals surface area contributed by atoms with Gasteiger partial charge in [0.25, 0.3) is 5.91 Å². The van der Waals surface area contributed by atoms with Crippen LogP contribution in [0.5, 0.6) is 5.75 Å². The summed E-state index contributed by atoms with van der Waals surface area (Å²) in [5.74, 6) is -0.290. The number of nitrogens with zero attached hydrogens (tertiary/aromatic N) is 1. The number of hydrogen-bond donors (Lipinski definition) is 2. The van der Waals surface area contributed by atoms with Crippen LogP contribution in [0.15, 0.2) is 36.7 Å². The van der Waals surface area contributed by atoms with Crippen molar-refractivity contribution in [2.24, 2.45) is 0 Å². The van der Waals surface area contributed by atoms with E-state index in [2.05, 4.69) is 20.3 Å². The number of carbonyl (C=O) groups is 1. The molecular formula is C13H13F2N3O2. The molecule has 0 fully saturated rings. The predicted molar refractivity (Wildman–Crippen MR) is 67.5 cm³/mol. The number of nitrogens with one attached hydrogen (secondary N) is 2. The van der Waals surface area contributed by atoms with Gasteiger partial charge in [0, 0.05) is 17.3 Å². The van der Waals surface area contributed by atoms with E-state index in [1.54, 1.807) is 12.4 Å². The van der Waals surface area contributed by atoms with Crippen molar-refractivity contribution in [3.05, 3.63) is 47.8 Å². The maximum absolute atomic E-state index is 12.0. The highest BCUT2D eigenvalue weighted by Crippen LogP contribution is 2.16. The van der Waals surface area contributed by atoms with Crippen molar-refractivity contribution in [1.29, 1.82) is 0 Å². The molecule has 106 valence electrons. The summed E-state index contributed by atoms with van der Waals surface area (Å²) in [4.78, 5) is 12.0. The second-order valence-corrected chi connectivity index (χ2v) is 4.13. The first-order chi connectivity index (χ1) is 9.56. The van der Waals surface area contributed by atoms with E-state index in [-0.39, 0.29) is 17.7 Å². The smallest absolute Gasteiger partial charge is 0.387 e. The largest absolute Gasteiger partial charge is 0.435 e. The molecule has 0 aliphatic carbocycles. The highest BCUT2D eigenvalue weighted by Gasteiger charge is 2.12. The van der Waals surface area contributed by atoms with Crippen molar-refractivity contribution in [2.75, 3.05) is 0 Å². The molecule has 5 nitrogen and oxygen atoms in total. The first-order valence-electron chi connectivity index (χ1n) is 5.90. The Balaban J connectivity index is 1.99. The molecule has 20 heavy (non-hydrogen) atoms. The molecule has 0 aliphatic heterocycles. The molecule has 2 N–H and O–H groups in total. The highest BCUT2D eigenvalue weighted by molar-refractivity contribution is 5.94. The van der Waals surface area contributed by atoms with E-state index >= 15 is 0 Å². The Kier molecular flexibility index (Phi) is 4.29. The van der Waals surface area contributed by atoms with Crippen LogP contribution in [0, 0.1) is 0 Å². The highest BCUT2D eigenvalue weighted by atomic mass is 19.3. The maximum Gasteiger partial charge on any atom is 0.387 e. The van der Waals surface area contributed by atoms with Gasteiger partial charge in [0.05, 0.1) is 12.2 Å². The summed E-state index contributed by atoms with van der Waals surface area (Å²) < 4.78 is 28.2. The second-order valence-electron chi connectivity index (χ2n) is 4.13. The normalized spacial score (nSPS) is 12.2. The van der Waals surface area contributed by atoms with E-state index in [0.29, 0.717) is 5.56 Å². The van der Waals surface area contributed by atoms with Crippen molar-refractivity contribution in [2.45, 2.75) is 19.6 Å². The van der Waals surface area contributed by atoms with Crippen LogP contribution in [-0.4, -0.2) is 22.7 Å². The molecule has 1 aromatic heterocycles. The quantitative estimate of drug-likeness (QED) is 0.884. The Hall–Kier alpha value is -2.44. The molecule has 0 saturated carbocycles. The molecule has 0 saturated heterocycles. The van der Waals surface area contributed by atoms with Crippen LogP contribution in [0.2, 0.25) is 0 Å². The van der Waals surface area contributed by atoms with Gasteiger partial charge in [0.15, 0.2) is 0 Å². The Morgan fingerprint density at radius 2 is 2.05 bits per heavy atom. The van der Waals surface area contributed by atoms with Crippen molar-refractivity contribution in [3.63, 3.8) is 0 Å². The lowest BCUT2D eigenvalue weighted by Crippen LogP contribution is -2.26. The fourth-order valence-electron chi connectivity index (χ4n) is 1.65. The standard InChI is InChI=1S/C13H13F2N3O2/c1-8(10-6-16-17-7-10)18-12(19)9-2-4-11(5-3-9)20-13(14)15/h2-8,13H,1H3,(H,16,17)(H,18,19). The molecule has 0 spiro atoms. The lowest BCUT2D eigenvalue weighted by molar-refractivity contribution is -0.0498. The number of halogens is 2. The number of rotatable bonds is 5. The second kappa shape index (κ2) is 6.14. The van der Waals surface area contributed by atoms with E-state index < -0.39 is 6.61 Å². The molecular weight excluding hydrogens is 268 g/mol. The fraction of sp³-hybridized carbons (Fsp3) is 0.231. The lowest BCUT2D eigenvalue weighted by atomic mass is 10.1. The molecule has 1 aromatic carbocycles. The predicted octanol–water partition coefficient (Wildman–Crippen LogP) is 2.50. The van der Waals surface area contributed by atoms with Crippen LogP contribution < -0.4 is 10.1 Å². The SMILES string of the molecule is CC(NC(=O)c1ccc(OC(F)F)cc1)c1cn[nH]c1. The lowest BCUT2D eigenvalue weighted by Gasteiger charge is -2.12. The summed E-state index contributed by atoms with van der Waals surface area (Å²) in [7, 11) is 0. The van der Waals surface area contributed by atoms with Crippen LogP contribution >= 0.6 is 0 Å². The molecule has 1 atom stereocenters. The minimum atomic E-state index is -2.88. The summed E-state index contributed by atoms with van der Waals surface area (Å²) in [6, 6.07) is 5.29. The third-order valence-electron chi connectivity index (χ3n) is 2.71. The summed E-state index contributed by atoms with van der Waals surface area (Å²) in [6.07, 6.45) is 3.30. The average Bonchev–Trinajstić information content (AvgIpc) is 2.92. The van der Waals surface area contributed by atoms with Crippen LogP contribution in [0.3, 0.4) is 0 Å². The Labute approximate surface area is 114 Å². The minimum absolute atomic E-state index is 0.0134. The van der Waals surface area contributed by atoms with Gasteiger partial charge in [-0.1, -0.05) is 0 Å². The molecule has 2 rings (SSSR count).